The highest BCUT2D eigenvalue weighted by Gasteiger charge is 2.36. The topological polar surface area (TPSA) is 71.8 Å². The number of halogens is 1. The number of benzene rings is 2. The van der Waals surface area contributed by atoms with Crippen LogP contribution < -0.4 is 0 Å². The zero-order chi connectivity index (χ0) is 27.7. The molecule has 7 nitrogen and oxygen atoms in total. The third-order valence-electron chi connectivity index (χ3n) is 7.80. The largest absolute Gasteiger partial charge is 0.370 e. The van der Waals surface area contributed by atoms with Gasteiger partial charge in [-0.2, -0.15) is 4.31 Å². The summed E-state index contributed by atoms with van der Waals surface area (Å²) in [6.45, 7) is 7.16. The molecule has 3 aromatic rings. The Kier molecular flexibility index (Phi) is 7.94. The second kappa shape index (κ2) is 11.2. The molecule has 2 aromatic carbocycles. The van der Waals surface area contributed by atoms with Crippen molar-refractivity contribution in [2.45, 2.75) is 63.6 Å². The highest BCUT2D eigenvalue weighted by Crippen LogP contribution is 2.33. The van der Waals surface area contributed by atoms with E-state index in [1.54, 1.807) is 15.3 Å². The summed E-state index contributed by atoms with van der Waals surface area (Å²) in [6, 6.07) is 13.3. The van der Waals surface area contributed by atoms with Gasteiger partial charge in [0.15, 0.2) is 0 Å². The lowest BCUT2D eigenvalue weighted by molar-refractivity contribution is -0.139. The molecule has 0 saturated carbocycles. The molecule has 0 N–H and O–H groups in total. The van der Waals surface area contributed by atoms with Crippen LogP contribution in [-0.4, -0.2) is 60.4 Å². The van der Waals surface area contributed by atoms with Crippen LogP contribution in [0, 0.1) is 26.6 Å². The first-order valence-electron chi connectivity index (χ1n) is 13.5. The minimum atomic E-state index is -3.72. The fourth-order valence-corrected chi connectivity index (χ4v) is 8.29. The van der Waals surface area contributed by atoms with Crippen molar-refractivity contribution in [3.8, 4) is 0 Å². The first-order valence-corrected chi connectivity index (χ1v) is 15.0. The number of carbonyl (C=O) groups excluding carboxylic acids is 1. The van der Waals surface area contributed by atoms with Crippen LogP contribution in [0.3, 0.4) is 0 Å². The van der Waals surface area contributed by atoms with E-state index in [1.807, 2.05) is 57.3 Å². The molecule has 0 radical (unpaired) electrons. The molecule has 9 heteroatoms. The summed E-state index contributed by atoms with van der Waals surface area (Å²) in [5, 5.41) is 0. The Hall–Kier alpha value is -3.01. The first-order chi connectivity index (χ1) is 18.7. The van der Waals surface area contributed by atoms with Crippen molar-refractivity contribution >= 4 is 15.9 Å². The normalized spacial score (nSPS) is 20.2. The number of sulfonamides is 1. The number of carbonyl (C=O) groups is 1. The number of fused-ring (bicyclic) bond motifs is 1. The van der Waals surface area contributed by atoms with Crippen LogP contribution in [-0.2, 0) is 26.1 Å². The standard InChI is InChI=1S/C30H36FN3O4S/c1-21-16-22(2)30(23(3)17-21)39(36,37)34-13-5-4-10-26(34)19-38-20-28(35)33-15-14-32-12-7-11-27(32)29(33)24-8-6-9-25(31)18-24/h6-9,11-12,16-18,26,29H,4-5,10,13-15,19-20H2,1-3H3. The Balaban J connectivity index is 1.30. The smallest absolute Gasteiger partial charge is 0.249 e. The maximum Gasteiger partial charge on any atom is 0.249 e. The number of amides is 1. The Labute approximate surface area is 230 Å². The Morgan fingerprint density at radius 2 is 1.77 bits per heavy atom. The van der Waals surface area contributed by atoms with E-state index in [4.69, 9.17) is 4.74 Å². The van der Waals surface area contributed by atoms with E-state index in [0.29, 0.717) is 36.5 Å². The molecule has 1 saturated heterocycles. The van der Waals surface area contributed by atoms with Gasteiger partial charge in [0.25, 0.3) is 0 Å². The third kappa shape index (κ3) is 5.53. The highest BCUT2D eigenvalue weighted by atomic mass is 32.2. The molecule has 2 aliphatic heterocycles. The number of aryl methyl sites for hydroxylation is 3. The van der Waals surface area contributed by atoms with Gasteiger partial charge in [-0.3, -0.25) is 4.79 Å². The van der Waals surface area contributed by atoms with Gasteiger partial charge in [0, 0.05) is 37.6 Å². The maximum atomic E-state index is 14.1. The zero-order valence-corrected chi connectivity index (χ0v) is 23.6. The van der Waals surface area contributed by atoms with Gasteiger partial charge in [-0.15, -0.1) is 0 Å². The van der Waals surface area contributed by atoms with E-state index in [9.17, 15) is 17.6 Å². The molecule has 1 aromatic heterocycles. The molecule has 208 valence electrons. The SMILES string of the molecule is Cc1cc(C)c(S(=O)(=O)N2CCCCC2COCC(=O)N2CCn3cccc3C2c2cccc(F)c2)c(C)c1. The molecule has 2 aliphatic rings. The minimum Gasteiger partial charge on any atom is -0.370 e. The summed E-state index contributed by atoms with van der Waals surface area (Å²) in [5.41, 5.74) is 4.14. The summed E-state index contributed by atoms with van der Waals surface area (Å²) in [6.07, 6.45) is 4.35. The van der Waals surface area contributed by atoms with Crippen molar-refractivity contribution in [2.75, 3.05) is 26.3 Å². The lowest BCUT2D eigenvalue weighted by Crippen LogP contribution is -2.47. The van der Waals surface area contributed by atoms with Crippen molar-refractivity contribution in [2.24, 2.45) is 0 Å². The summed E-state index contributed by atoms with van der Waals surface area (Å²) in [7, 11) is -3.72. The molecule has 0 aliphatic carbocycles. The van der Waals surface area contributed by atoms with E-state index in [-0.39, 0.29) is 31.0 Å². The fourth-order valence-electron chi connectivity index (χ4n) is 6.19. The van der Waals surface area contributed by atoms with E-state index >= 15 is 0 Å². The summed E-state index contributed by atoms with van der Waals surface area (Å²) >= 11 is 0. The van der Waals surface area contributed by atoms with Gasteiger partial charge in [-0.05, 0) is 74.6 Å². The predicted octanol–water partition coefficient (Wildman–Crippen LogP) is 4.74. The number of nitrogens with zero attached hydrogens (tertiary/aromatic N) is 3. The average molecular weight is 554 g/mol. The molecule has 0 spiro atoms. The maximum absolute atomic E-state index is 14.1. The van der Waals surface area contributed by atoms with Crippen LogP contribution in [0.25, 0.3) is 0 Å². The number of piperidine rings is 1. The quantitative estimate of drug-likeness (QED) is 0.424. The van der Waals surface area contributed by atoms with Gasteiger partial charge in [-0.25, -0.2) is 12.8 Å². The molecule has 39 heavy (non-hydrogen) atoms. The van der Waals surface area contributed by atoms with Crippen LogP contribution in [0.4, 0.5) is 4.39 Å². The average Bonchev–Trinajstić information content (AvgIpc) is 3.36. The molecule has 1 fully saturated rings. The lowest BCUT2D eigenvalue weighted by atomic mass is 9.99. The zero-order valence-electron chi connectivity index (χ0n) is 22.8. The van der Waals surface area contributed by atoms with Gasteiger partial charge in [0.05, 0.1) is 17.5 Å². The molecule has 1 amide bonds. The second-order valence-electron chi connectivity index (χ2n) is 10.7. The minimum absolute atomic E-state index is 0.143. The number of ether oxygens (including phenoxy) is 1. The van der Waals surface area contributed by atoms with Gasteiger partial charge >= 0.3 is 0 Å². The summed E-state index contributed by atoms with van der Waals surface area (Å²) in [5.74, 6) is -0.551. The van der Waals surface area contributed by atoms with Gasteiger partial charge in [0.2, 0.25) is 15.9 Å². The van der Waals surface area contributed by atoms with E-state index in [2.05, 4.69) is 4.57 Å². The molecular weight excluding hydrogens is 517 g/mol. The van der Waals surface area contributed by atoms with Crippen molar-refractivity contribution in [3.63, 3.8) is 0 Å². The van der Waals surface area contributed by atoms with Crippen LogP contribution >= 0.6 is 0 Å². The second-order valence-corrected chi connectivity index (χ2v) is 12.5. The van der Waals surface area contributed by atoms with Crippen molar-refractivity contribution < 1.29 is 22.3 Å². The fraction of sp³-hybridized carbons (Fsp3) is 0.433. The Morgan fingerprint density at radius 1 is 1.00 bits per heavy atom. The third-order valence-corrected chi connectivity index (χ3v) is 10.1. The molecule has 5 rings (SSSR count). The van der Waals surface area contributed by atoms with Gasteiger partial charge in [0.1, 0.15) is 12.4 Å². The first kappa shape index (κ1) is 27.6. The molecular formula is C30H36FN3O4S. The summed E-state index contributed by atoms with van der Waals surface area (Å²) in [4.78, 5) is 15.5. The van der Waals surface area contributed by atoms with Crippen LogP contribution in [0.15, 0.2) is 59.6 Å². The Bertz CT molecular complexity index is 1450. The molecule has 2 unspecified atom stereocenters. The van der Waals surface area contributed by atoms with Crippen LogP contribution in [0.1, 0.15) is 53.3 Å². The van der Waals surface area contributed by atoms with E-state index in [1.165, 1.54) is 12.1 Å². The van der Waals surface area contributed by atoms with Gasteiger partial charge < -0.3 is 14.2 Å². The number of rotatable bonds is 7. The summed E-state index contributed by atoms with van der Waals surface area (Å²) < 4.78 is 51.2. The highest BCUT2D eigenvalue weighted by molar-refractivity contribution is 7.89. The van der Waals surface area contributed by atoms with Crippen molar-refractivity contribution in [1.82, 2.24) is 13.8 Å². The molecule has 0 bridgehead atoms. The molecule has 2 atom stereocenters. The molecule has 3 heterocycles. The van der Waals surface area contributed by atoms with Crippen molar-refractivity contribution in [1.29, 1.82) is 0 Å². The lowest BCUT2D eigenvalue weighted by Gasteiger charge is -2.38. The van der Waals surface area contributed by atoms with Gasteiger partial charge in [-0.1, -0.05) is 36.2 Å². The number of hydrogen-bond donors (Lipinski definition) is 0. The number of hydrogen-bond acceptors (Lipinski definition) is 4. The van der Waals surface area contributed by atoms with E-state index in [0.717, 1.165) is 35.2 Å². The monoisotopic (exact) mass is 553 g/mol. The Morgan fingerprint density at radius 3 is 2.51 bits per heavy atom. The van der Waals surface area contributed by atoms with Crippen LogP contribution in [0.2, 0.25) is 0 Å². The van der Waals surface area contributed by atoms with E-state index < -0.39 is 16.1 Å². The van der Waals surface area contributed by atoms with Crippen LogP contribution in [0.5, 0.6) is 0 Å². The van der Waals surface area contributed by atoms with Crippen molar-refractivity contribution in [3.05, 3.63) is 88.5 Å². The number of aromatic nitrogens is 1. The predicted molar refractivity (Wildman–Crippen MR) is 147 cm³/mol.